The number of aryl methyl sites for hydroxylation is 2. The van der Waals surface area contributed by atoms with E-state index in [0.29, 0.717) is 17.7 Å². The minimum absolute atomic E-state index is 0. The van der Waals surface area contributed by atoms with Crippen molar-refractivity contribution in [2.75, 3.05) is 5.32 Å². The fraction of sp³-hybridized carbons (Fsp3) is 0.364. The molecule has 2 aliphatic carbocycles. The molecule has 0 aromatic carbocycles. The first-order valence-electron chi connectivity index (χ1n) is 9.61. The lowest BCUT2D eigenvalue weighted by atomic mass is 10.0. The second kappa shape index (κ2) is 6.12. The molecule has 0 saturated heterocycles. The number of fused-ring (bicyclic) bond motifs is 2. The fourth-order valence-corrected chi connectivity index (χ4v) is 4.67. The van der Waals surface area contributed by atoms with Gasteiger partial charge in [-0.1, -0.05) is 6.42 Å². The van der Waals surface area contributed by atoms with Crippen molar-refractivity contribution in [1.29, 1.82) is 0 Å². The molecule has 3 aromatic heterocycles. The van der Waals surface area contributed by atoms with Crippen molar-refractivity contribution in [2.24, 2.45) is 17.8 Å². The SMILES string of the molecule is Cc1ccncc1-c1cc2cc(NC(=O)C3[C@H]4CCC[C@@H]34)ncc2c(C)n1.[HH]. The smallest absolute Gasteiger partial charge is 0.229 e. The summed E-state index contributed by atoms with van der Waals surface area (Å²) in [4.78, 5) is 26.0. The van der Waals surface area contributed by atoms with Crippen LogP contribution in [0.4, 0.5) is 5.82 Å². The lowest BCUT2D eigenvalue weighted by molar-refractivity contribution is -0.118. The van der Waals surface area contributed by atoms with Gasteiger partial charge in [-0.3, -0.25) is 14.8 Å². The van der Waals surface area contributed by atoms with Gasteiger partial charge in [0.05, 0.1) is 5.69 Å². The minimum atomic E-state index is 0. The summed E-state index contributed by atoms with van der Waals surface area (Å²) in [6, 6.07) is 5.99. The third-order valence-electron chi connectivity index (χ3n) is 6.18. The Kier molecular flexibility index (Phi) is 3.71. The molecule has 138 valence electrons. The summed E-state index contributed by atoms with van der Waals surface area (Å²) in [6.45, 7) is 4.05. The molecule has 5 heteroatoms. The van der Waals surface area contributed by atoms with Gasteiger partial charge in [0.1, 0.15) is 5.82 Å². The standard InChI is InChI=1S/C22H22N4O.H2/c1-12-6-7-23-10-17(12)19-8-14-9-20(24-11-18(14)13(2)25-19)26-22(27)21-15-4-3-5-16(15)21;/h6-11,15-16,21H,3-5H2,1-2H3,(H,24,26,27);1H/t15-,16+,21?;. The van der Waals surface area contributed by atoms with Gasteiger partial charge in [-0.25, -0.2) is 4.98 Å². The summed E-state index contributed by atoms with van der Waals surface area (Å²) in [5, 5.41) is 5.06. The molecule has 0 aliphatic heterocycles. The molecule has 0 spiro atoms. The van der Waals surface area contributed by atoms with Crippen molar-refractivity contribution < 1.29 is 6.22 Å². The van der Waals surface area contributed by atoms with E-state index in [2.05, 4.69) is 28.3 Å². The highest BCUT2D eigenvalue weighted by molar-refractivity contribution is 5.96. The third-order valence-corrected chi connectivity index (χ3v) is 6.18. The van der Waals surface area contributed by atoms with Crippen LogP contribution in [0.3, 0.4) is 0 Å². The largest absolute Gasteiger partial charge is 0.310 e. The molecule has 27 heavy (non-hydrogen) atoms. The average molecular weight is 360 g/mol. The van der Waals surface area contributed by atoms with Gasteiger partial charge in [-0.2, -0.15) is 0 Å². The van der Waals surface area contributed by atoms with Crippen LogP contribution in [0.15, 0.2) is 36.8 Å². The summed E-state index contributed by atoms with van der Waals surface area (Å²) < 4.78 is 0. The van der Waals surface area contributed by atoms with Gasteiger partial charge in [0.25, 0.3) is 0 Å². The molecule has 1 amide bonds. The molecular formula is C22H24N4O. The monoisotopic (exact) mass is 360 g/mol. The first-order valence-corrected chi connectivity index (χ1v) is 9.61. The number of hydrogen-bond acceptors (Lipinski definition) is 4. The van der Waals surface area contributed by atoms with Crippen LogP contribution in [0.1, 0.15) is 31.9 Å². The van der Waals surface area contributed by atoms with E-state index in [0.717, 1.165) is 33.3 Å². The van der Waals surface area contributed by atoms with Crippen molar-refractivity contribution in [3.63, 3.8) is 0 Å². The van der Waals surface area contributed by atoms with E-state index in [1.54, 1.807) is 12.4 Å². The first-order chi connectivity index (χ1) is 13.1. The number of pyridine rings is 3. The number of carbonyl (C=O) groups excluding carboxylic acids is 1. The molecule has 5 nitrogen and oxygen atoms in total. The lowest BCUT2D eigenvalue weighted by Gasteiger charge is -2.10. The molecular weight excluding hydrogens is 336 g/mol. The number of anilines is 1. The lowest BCUT2D eigenvalue weighted by Crippen LogP contribution is -2.17. The highest BCUT2D eigenvalue weighted by Gasteiger charge is 2.56. The van der Waals surface area contributed by atoms with Crippen molar-refractivity contribution >= 4 is 22.5 Å². The van der Waals surface area contributed by atoms with E-state index in [1.165, 1.54) is 19.3 Å². The molecule has 0 bridgehead atoms. The van der Waals surface area contributed by atoms with E-state index >= 15 is 0 Å². The number of amides is 1. The van der Waals surface area contributed by atoms with E-state index < -0.39 is 0 Å². The van der Waals surface area contributed by atoms with Gasteiger partial charge < -0.3 is 5.32 Å². The van der Waals surface area contributed by atoms with Crippen molar-refractivity contribution in [3.05, 3.63) is 48.0 Å². The maximum Gasteiger partial charge on any atom is 0.229 e. The quantitative estimate of drug-likeness (QED) is 0.744. The molecule has 2 fully saturated rings. The second-order valence-electron chi connectivity index (χ2n) is 7.85. The fourth-order valence-electron chi connectivity index (χ4n) is 4.67. The summed E-state index contributed by atoms with van der Waals surface area (Å²) in [5.74, 6) is 2.17. The maximum atomic E-state index is 12.6. The Morgan fingerprint density at radius 1 is 1.19 bits per heavy atom. The Morgan fingerprint density at radius 2 is 2.00 bits per heavy atom. The first kappa shape index (κ1) is 16.4. The number of carbonyl (C=O) groups is 1. The van der Waals surface area contributed by atoms with E-state index in [9.17, 15) is 4.79 Å². The van der Waals surface area contributed by atoms with Crippen LogP contribution in [0.2, 0.25) is 0 Å². The molecule has 3 heterocycles. The summed E-state index contributed by atoms with van der Waals surface area (Å²) >= 11 is 0. The number of aromatic nitrogens is 3. The molecule has 2 aliphatic rings. The minimum Gasteiger partial charge on any atom is -0.310 e. The van der Waals surface area contributed by atoms with Gasteiger partial charge in [-0.05, 0) is 67.7 Å². The molecule has 5 rings (SSSR count). The van der Waals surface area contributed by atoms with E-state index in [-0.39, 0.29) is 13.3 Å². The topological polar surface area (TPSA) is 67.8 Å². The van der Waals surface area contributed by atoms with Gasteiger partial charge in [0.2, 0.25) is 5.91 Å². The van der Waals surface area contributed by atoms with Crippen molar-refractivity contribution in [2.45, 2.75) is 33.1 Å². The third kappa shape index (κ3) is 2.78. The van der Waals surface area contributed by atoms with Gasteiger partial charge in [0.15, 0.2) is 0 Å². The number of rotatable bonds is 3. The maximum absolute atomic E-state index is 12.6. The summed E-state index contributed by atoms with van der Waals surface area (Å²) in [6.07, 6.45) is 9.12. The van der Waals surface area contributed by atoms with Crippen LogP contribution < -0.4 is 5.32 Å². The highest BCUT2D eigenvalue weighted by Crippen LogP contribution is 2.57. The molecule has 0 radical (unpaired) electrons. The zero-order valence-electron chi connectivity index (χ0n) is 15.6. The molecule has 3 atom stereocenters. The van der Waals surface area contributed by atoms with Gasteiger partial charge >= 0.3 is 0 Å². The Morgan fingerprint density at radius 3 is 2.78 bits per heavy atom. The van der Waals surface area contributed by atoms with Crippen LogP contribution in [0, 0.1) is 31.6 Å². The summed E-state index contributed by atoms with van der Waals surface area (Å²) in [7, 11) is 0. The molecule has 2 saturated carbocycles. The van der Waals surface area contributed by atoms with Crippen molar-refractivity contribution in [1.82, 2.24) is 15.0 Å². The van der Waals surface area contributed by atoms with E-state index in [1.807, 2.05) is 25.3 Å². The molecule has 1 N–H and O–H groups in total. The normalized spacial score (nSPS) is 23.3. The Bertz CT molecular complexity index is 1060. The average Bonchev–Trinajstić information content (AvgIpc) is 3.14. The van der Waals surface area contributed by atoms with Gasteiger partial charge in [0, 0.05) is 42.6 Å². The Balaban J connectivity index is 0.00000192. The molecule has 3 aromatic rings. The predicted octanol–water partition coefficient (Wildman–Crippen LogP) is 4.54. The van der Waals surface area contributed by atoms with Crippen LogP contribution in [-0.2, 0) is 4.79 Å². The Hall–Kier alpha value is -2.82. The number of hydrogen-bond donors (Lipinski definition) is 1. The summed E-state index contributed by atoms with van der Waals surface area (Å²) in [5.41, 5.74) is 3.98. The molecule has 1 unspecified atom stereocenters. The zero-order chi connectivity index (χ0) is 18.5. The number of nitrogens with zero attached hydrogens (tertiary/aromatic N) is 3. The second-order valence-corrected chi connectivity index (χ2v) is 7.85. The van der Waals surface area contributed by atoms with Crippen LogP contribution in [0.5, 0.6) is 0 Å². The van der Waals surface area contributed by atoms with Gasteiger partial charge in [-0.15, -0.1) is 0 Å². The van der Waals surface area contributed by atoms with Crippen molar-refractivity contribution in [3.8, 4) is 11.3 Å². The number of nitrogens with one attached hydrogen (secondary N) is 1. The van der Waals surface area contributed by atoms with E-state index in [4.69, 9.17) is 4.98 Å². The Labute approximate surface area is 159 Å². The predicted molar refractivity (Wildman–Crippen MR) is 107 cm³/mol. The van der Waals surface area contributed by atoms with Crippen LogP contribution in [0.25, 0.3) is 22.0 Å². The highest BCUT2D eigenvalue weighted by atomic mass is 16.2. The van der Waals surface area contributed by atoms with Crippen LogP contribution in [-0.4, -0.2) is 20.9 Å². The van der Waals surface area contributed by atoms with Crippen LogP contribution >= 0.6 is 0 Å². The zero-order valence-corrected chi connectivity index (χ0v) is 15.6.